The Kier molecular flexibility index (Phi) is 2.89. The number of hydrogen-bond donors (Lipinski definition) is 0. The van der Waals surface area contributed by atoms with E-state index in [0.717, 1.165) is 38.1 Å². The summed E-state index contributed by atoms with van der Waals surface area (Å²) >= 11 is 1.84. The molecule has 2 aliphatic rings. The molecule has 3 heteroatoms. The molecule has 84 valence electrons. The molecule has 0 aliphatic carbocycles. The van der Waals surface area contributed by atoms with E-state index in [1.807, 2.05) is 11.3 Å². The van der Waals surface area contributed by atoms with Gasteiger partial charge in [-0.25, -0.2) is 0 Å². The number of hydrogen-bond acceptors (Lipinski definition) is 3. The molecule has 1 unspecified atom stereocenters. The van der Waals surface area contributed by atoms with Crippen LogP contribution in [-0.2, 0) is 11.2 Å². The molecule has 0 bridgehead atoms. The second-order valence-electron chi connectivity index (χ2n) is 4.15. The molecule has 0 amide bonds. The van der Waals surface area contributed by atoms with Crippen LogP contribution in [0.15, 0.2) is 28.6 Å². The van der Waals surface area contributed by atoms with Crippen LogP contribution >= 0.6 is 11.3 Å². The van der Waals surface area contributed by atoms with Crippen molar-refractivity contribution >= 4 is 17.0 Å². The minimum absolute atomic E-state index is 0.0874. The molecule has 16 heavy (non-hydrogen) atoms. The SMILES string of the molecule is C1=CC(C2OCCc3sccc32)=NCCC1. The van der Waals surface area contributed by atoms with Crippen molar-refractivity contribution in [2.75, 3.05) is 13.2 Å². The van der Waals surface area contributed by atoms with Crippen LogP contribution in [-0.4, -0.2) is 18.9 Å². The lowest BCUT2D eigenvalue weighted by molar-refractivity contribution is 0.0897. The van der Waals surface area contributed by atoms with Gasteiger partial charge in [-0.3, -0.25) is 4.99 Å². The monoisotopic (exact) mass is 233 g/mol. The minimum Gasteiger partial charge on any atom is -0.367 e. The Hall–Kier alpha value is -0.930. The van der Waals surface area contributed by atoms with Gasteiger partial charge in [0.15, 0.2) is 0 Å². The van der Waals surface area contributed by atoms with Crippen LogP contribution in [0.4, 0.5) is 0 Å². The number of ether oxygens (including phenoxy) is 1. The van der Waals surface area contributed by atoms with Gasteiger partial charge in [0.1, 0.15) is 6.10 Å². The predicted octanol–water partition coefficient (Wildman–Crippen LogP) is 3.15. The maximum absolute atomic E-state index is 5.88. The molecular weight excluding hydrogens is 218 g/mol. The van der Waals surface area contributed by atoms with Gasteiger partial charge in [-0.2, -0.15) is 0 Å². The van der Waals surface area contributed by atoms with E-state index in [9.17, 15) is 0 Å². The number of aliphatic imine (C=N–C) groups is 1. The van der Waals surface area contributed by atoms with Gasteiger partial charge >= 0.3 is 0 Å². The van der Waals surface area contributed by atoms with Gasteiger partial charge in [0, 0.05) is 23.4 Å². The first-order valence-electron chi connectivity index (χ1n) is 5.84. The summed E-state index contributed by atoms with van der Waals surface area (Å²) in [5, 5.41) is 2.16. The van der Waals surface area contributed by atoms with E-state index in [0.29, 0.717) is 0 Å². The fraction of sp³-hybridized carbons (Fsp3) is 0.462. The maximum Gasteiger partial charge on any atom is 0.125 e. The zero-order valence-electron chi connectivity index (χ0n) is 9.19. The molecule has 0 aromatic carbocycles. The van der Waals surface area contributed by atoms with E-state index in [1.165, 1.54) is 10.4 Å². The third-order valence-corrected chi connectivity index (χ3v) is 4.05. The standard InChI is InChI=1S/C13H15NOS/c1-2-4-11(14-7-3-1)13-10-6-9-16-12(10)5-8-15-13/h2,4,6,9,13H,1,3,5,7-8H2. The molecule has 0 saturated heterocycles. The zero-order valence-corrected chi connectivity index (χ0v) is 10.0. The van der Waals surface area contributed by atoms with Crippen LogP contribution in [0.2, 0.25) is 0 Å². The molecule has 2 nitrogen and oxygen atoms in total. The van der Waals surface area contributed by atoms with Crippen LogP contribution < -0.4 is 0 Å². The van der Waals surface area contributed by atoms with Crippen LogP contribution in [0.5, 0.6) is 0 Å². The van der Waals surface area contributed by atoms with E-state index < -0.39 is 0 Å². The Morgan fingerprint density at radius 2 is 2.44 bits per heavy atom. The molecule has 2 aliphatic heterocycles. The normalized spacial score (nSPS) is 24.8. The molecule has 0 N–H and O–H groups in total. The van der Waals surface area contributed by atoms with Gasteiger partial charge in [-0.15, -0.1) is 11.3 Å². The second kappa shape index (κ2) is 4.52. The zero-order chi connectivity index (χ0) is 10.8. The molecule has 0 fully saturated rings. The van der Waals surface area contributed by atoms with E-state index in [4.69, 9.17) is 4.74 Å². The topological polar surface area (TPSA) is 21.6 Å². The molecule has 3 rings (SSSR count). The number of rotatable bonds is 1. The second-order valence-corrected chi connectivity index (χ2v) is 5.15. The Labute approximate surface area is 99.7 Å². The first kappa shape index (κ1) is 10.2. The molecule has 1 aromatic rings. The average molecular weight is 233 g/mol. The third kappa shape index (κ3) is 1.85. The van der Waals surface area contributed by atoms with E-state index >= 15 is 0 Å². The number of fused-ring (bicyclic) bond motifs is 1. The Morgan fingerprint density at radius 3 is 3.44 bits per heavy atom. The molecule has 1 atom stereocenters. The van der Waals surface area contributed by atoms with Crippen molar-refractivity contribution in [1.82, 2.24) is 0 Å². The lowest BCUT2D eigenvalue weighted by atomic mass is 10.0. The highest BCUT2D eigenvalue weighted by molar-refractivity contribution is 7.10. The summed E-state index contributed by atoms with van der Waals surface area (Å²) in [5.74, 6) is 0. The van der Waals surface area contributed by atoms with Crippen LogP contribution in [0.3, 0.4) is 0 Å². The highest BCUT2D eigenvalue weighted by Crippen LogP contribution is 2.32. The van der Waals surface area contributed by atoms with E-state index in [1.54, 1.807) is 0 Å². The first-order chi connectivity index (χ1) is 7.95. The Balaban J connectivity index is 1.94. The van der Waals surface area contributed by atoms with Crippen molar-refractivity contribution in [3.05, 3.63) is 34.0 Å². The van der Waals surface area contributed by atoms with E-state index in [2.05, 4.69) is 28.6 Å². The van der Waals surface area contributed by atoms with Gasteiger partial charge < -0.3 is 4.74 Å². The first-order valence-corrected chi connectivity index (χ1v) is 6.72. The molecule has 3 heterocycles. The van der Waals surface area contributed by atoms with Crippen molar-refractivity contribution in [3.8, 4) is 0 Å². The van der Waals surface area contributed by atoms with Gasteiger partial charge in [-0.05, 0) is 30.4 Å². The lowest BCUT2D eigenvalue weighted by Gasteiger charge is -2.23. The smallest absolute Gasteiger partial charge is 0.125 e. The third-order valence-electron chi connectivity index (χ3n) is 3.06. The fourth-order valence-corrected chi connectivity index (χ4v) is 3.13. The van der Waals surface area contributed by atoms with Gasteiger partial charge in [0.25, 0.3) is 0 Å². The van der Waals surface area contributed by atoms with E-state index in [-0.39, 0.29) is 6.10 Å². The van der Waals surface area contributed by atoms with Gasteiger partial charge in [0.2, 0.25) is 0 Å². The summed E-state index contributed by atoms with van der Waals surface area (Å²) in [6, 6.07) is 2.19. The van der Waals surface area contributed by atoms with Crippen molar-refractivity contribution in [1.29, 1.82) is 0 Å². The van der Waals surface area contributed by atoms with Crippen molar-refractivity contribution in [2.45, 2.75) is 25.4 Å². The number of allylic oxidation sites excluding steroid dienone is 1. The summed E-state index contributed by atoms with van der Waals surface area (Å²) in [6.45, 7) is 1.76. The summed E-state index contributed by atoms with van der Waals surface area (Å²) < 4.78 is 5.88. The van der Waals surface area contributed by atoms with Crippen LogP contribution in [0.25, 0.3) is 0 Å². The van der Waals surface area contributed by atoms with Gasteiger partial charge in [0.05, 0.1) is 12.3 Å². The van der Waals surface area contributed by atoms with Crippen molar-refractivity contribution in [3.63, 3.8) is 0 Å². The molecule has 0 spiro atoms. The minimum atomic E-state index is 0.0874. The molecule has 1 aromatic heterocycles. The van der Waals surface area contributed by atoms with Crippen LogP contribution in [0.1, 0.15) is 29.4 Å². The average Bonchev–Trinajstić information content (AvgIpc) is 2.63. The maximum atomic E-state index is 5.88. The lowest BCUT2D eigenvalue weighted by Crippen LogP contribution is -2.21. The Bertz CT molecular complexity index is 433. The van der Waals surface area contributed by atoms with Crippen LogP contribution in [0, 0.1) is 0 Å². The van der Waals surface area contributed by atoms with Gasteiger partial charge in [-0.1, -0.05) is 6.08 Å². The summed E-state index contributed by atoms with van der Waals surface area (Å²) in [4.78, 5) is 6.10. The number of nitrogens with zero attached hydrogens (tertiary/aromatic N) is 1. The molecule has 0 saturated carbocycles. The fourth-order valence-electron chi connectivity index (χ4n) is 2.24. The molecular formula is C13H15NOS. The summed E-state index contributed by atoms with van der Waals surface area (Å²) in [7, 11) is 0. The summed E-state index contributed by atoms with van der Waals surface area (Å²) in [5.41, 5.74) is 2.44. The predicted molar refractivity (Wildman–Crippen MR) is 67.4 cm³/mol. The quantitative estimate of drug-likeness (QED) is 0.730. The molecule has 0 radical (unpaired) electrons. The highest BCUT2D eigenvalue weighted by Gasteiger charge is 2.25. The Morgan fingerprint density at radius 1 is 1.44 bits per heavy atom. The summed E-state index contributed by atoms with van der Waals surface area (Å²) in [6.07, 6.45) is 7.80. The number of thiophene rings is 1. The largest absolute Gasteiger partial charge is 0.367 e. The highest BCUT2D eigenvalue weighted by atomic mass is 32.1. The van der Waals surface area contributed by atoms with Crippen molar-refractivity contribution < 1.29 is 4.74 Å². The van der Waals surface area contributed by atoms with Crippen molar-refractivity contribution in [2.24, 2.45) is 4.99 Å².